The largest absolute Gasteiger partial charge is 0.355 e. The van der Waals surface area contributed by atoms with E-state index in [0.717, 1.165) is 54.7 Å². The highest BCUT2D eigenvalue weighted by Gasteiger charge is 2.15. The molecular formula is C17H26N6OS. The van der Waals surface area contributed by atoms with E-state index >= 15 is 0 Å². The lowest BCUT2D eigenvalue weighted by atomic mass is 10.2. The van der Waals surface area contributed by atoms with Crippen LogP contribution < -0.4 is 5.32 Å². The maximum atomic E-state index is 12.0. The van der Waals surface area contributed by atoms with Gasteiger partial charge in [-0.15, -0.1) is 10.2 Å². The predicted octanol–water partition coefficient (Wildman–Crippen LogP) is 2.12. The summed E-state index contributed by atoms with van der Waals surface area (Å²) in [6.45, 7) is 6.50. The van der Waals surface area contributed by atoms with Crippen LogP contribution in [-0.4, -0.2) is 42.7 Å². The van der Waals surface area contributed by atoms with Crippen molar-refractivity contribution in [3.8, 4) is 0 Å². The van der Waals surface area contributed by atoms with Gasteiger partial charge in [0.05, 0.1) is 11.4 Å². The molecule has 0 radical (unpaired) electrons. The van der Waals surface area contributed by atoms with E-state index in [2.05, 4.69) is 38.2 Å². The Morgan fingerprint density at radius 3 is 2.96 bits per heavy atom. The number of rotatable bonds is 7. The molecule has 3 heterocycles. The summed E-state index contributed by atoms with van der Waals surface area (Å²) in [4.78, 5) is 12.0. The predicted molar refractivity (Wildman–Crippen MR) is 97.6 cm³/mol. The summed E-state index contributed by atoms with van der Waals surface area (Å²) in [5, 5.41) is 16.8. The van der Waals surface area contributed by atoms with E-state index in [1.54, 1.807) is 0 Å². The second-order valence-electron chi connectivity index (χ2n) is 6.50. The Bertz CT molecular complexity index is 723. The molecule has 1 N–H and O–H groups in total. The highest BCUT2D eigenvalue weighted by Crippen LogP contribution is 2.21. The van der Waals surface area contributed by atoms with Gasteiger partial charge in [0.25, 0.3) is 0 Å². The Morgan fingerprint density at radius 2 is 2.16 bits per heavy atom. The van der Waals surface area contributed by atoms with E-state index in [4.69, 9.17) is 0 Å². The van der Waals surface area contributed by atoms with Crippen LogP contribution >= 0.6 is 11.8 Å². The molecular weight excluding hydrogens is 336 g/mol. The maximum absolute atomic E-state index is 12.0. The minimum Gasteiger partial charge on any atom is -0.355 e. The van der Waals surface area contributed by atoms with E-state index in [-0.39, 0.29) is 5.91 Å². The monoisotopic (exact) mass is 362 g/mol. The Kier molecular flexibility index (Phi) is 6.12. The molecule has 0 aromatic carbocycles. The highest BCUT2D eigenvalue weighted by molar-refractivity contribution is 7.99. The average Bonchev–Trinajstić information content (AvgIpc) is 3.02. The number of aromatic nitrogens is 5. The Balaban J connectivity index is 1.38. The van der Waals surface area contributed by atoms with Crippen molar-refractivity contribution in [1.29, 1.82) is 0 Å². The third-order valence-electron chi connectivity index (χ3n) is 4.38. The van der Waals surface area contributed by atoms with Crippen molar-refractivity contribution < 1.29 is 4.79 Å². The normalized spacial score (nSPS) is 14.2. The highest BCUT2D eigenvalue weighted by atomic mass is 32.2. The molecule has 1 amide bonds. The minimum absolute atomic E-state index is 0.0457. The standard InChI is InChI=1S/C17H26N6OS/c1-13-11-14(2)23(21-13)10-6-8-18-16(24)12-25-17-20-19-15-7-4-3-5-9-22(15)17/h11H,3-10,12H2,1-2H3,(H,18,24). The van der Waals surface area contributed by atoms with E-state index in [0.29, 0.717) is 12.3 Å². The average molecular weight is 363 g/mol. The van der Waals surface area contributed by atoms with Gasteiger partial charge in [0.2, 0.25) is 5.91 Å². The van der Waals surface area contributed by atoms with Gasteiger partial charge in [0.15, 0.2) is 5.16 Å². The molecule has 25 heavy (non-hydrogen) atoms. The molecule has 0 saturated carbocycles. The first-order valence-corrected chi connectivity index (χ1v) is 9.94. The van der Waals surface area contributed by atoms with Gasteiger partial charge >= 0.3 is 0 Å². The molecule has 3 rings (SSSR count). The van der Waals surface area contributed by atoms with E-state index < -0.39 is 0 Å². The molecule has 0 saturated heterocycles. The third kappa shape index (κ3) is 4.84. The van der Waals surface area contributed by atoms with Gasteiger partial charge in [-0.3, -0.25) is 9.48 Å². The molecule has 8 heteroatoms. The number of hydrogen-bond acceptors (Lipinski definition) is 5. The van der Waals surface area contributed by atoms with Gasteiger partial charge in [-0.2, -0.15) is 5.10 Å². The summed E-state index contributed by atoms with van der Waals surface area (Å²) in [5.41, 5.74) is 2.19. The van der Waals surface area contributed by atoms with E-state index in [9.17, 15) is 4.79 Å². The van der Waals surface area contributed by atoms with Crippen LogP contribution in [0.4, 0.5) is 0 Å². The van der Waals surface area contributed by atoms with Gasteiger partial charge in [0.1, 0.15) is 5.82 Å². The number of carbonyl (C=O) groups excluding carboxylic acids is 1. The summed E-state index contributed by atoms with van der Waals surface area (Å²) in [6, 6.07) is 2.07. The fourth-order valence-corrected chi connectivity index (χ4v) is 3.92. The molecule has 0 spiro atoms. The molecule has 0 aliphatic carbocycles. The first-order valence-electron chi connectivity index (χ1n) is 8.96. The number of thioether (sulfide) groups is 1. The summed E-state index contributed by atoms with van der Waals surface area (Å²) < 4.78 is 4.16. The third-order valence-corrected chi connectivity index (χ3v) is 5.35. The lowest BCUT2D eigenvalue weighted by Crippen LogP contribution is -2.27. The van der Waals surface area contributed by atoms with Crippen LogP contribution in [-0.2, 0) is 24.3 Å². The Morgan fingerprint density at radius 1 is 1.28 bits per heavy atom. The Labute approximate surface area is 152 Å². The quantitative estimate of drug-likeness (QED) is 0.603. The van der Waals surface area contributed by atoms with Crippen LogP contribution in [0.1, 0.15) is 42.9 Å². The smallest absolute Gasteiger partial charge is 0.230 e. The SMILES string of the molecule is Cc1cc(C)n(CCCNC(=O)CSc2nnc3n2CCCCC3)n1. The number of nitrogens with one attached hydrogen (secondary N) is 1. The van der Waals surface area contributed by atoms with Crippen LogP contribution in [0.2, 0.25) is 0 Å². The number of nitrogens with zero attached hydrogens (tertiary/aromatic N) is 5. The van der Waals surface area contributed by atoms with Gasteiger partial charge in [-0.25, -0.2) is 0 Å². The first-order chi connectivity index (χ1) is 12.1. The fourth-order valence-electron chi connectivity index (χ4n) is 3.10. The van der Waals surface area contributed by atoms with E-state index in [1.165, 1.54) is 24.6 Å². The van der Waals surface area contributed by atoms with Gasteiger partial charge in [-0.05, 0) is 39.2 Å². The topological polar surface area (TPSA) is 77.6 Å². The van der Waals surface area contributed by atoms with Gasteiger partial charge < -0.3 is 9.88 Å². The van der Waals surface area contributed by atoms with Crippen LogP contribution in [0.3, 0.4) is 0 Å². The van der Waals surface area contributed by atoms with Crippen molar-refractivity contribution >= 4 is 17.7 Å². The van der Waals surface area contributed by atoms with Crippen molar-refractivity contribution in [2.24, 2.45) is 0 Å². The van der Waals surface area contributed by atoms with Crippen LogP contribution in [0.15, 0.2) is 11.2 Å². The molecule has 0 unspecified atom stereocenters. The summed E-state index contributed by atoms with van der Waals surface area (Å²) >= 11 is 1.48. The second-order valence-corrected chi connectivity index (χ2v) is 7.45. The van der Waals surface area contributed by atoms with Gasteiger partial charge in [0, 0.05) is 31.7 Å². The summed E-state index contributed by atoms with van der Waals surface area (Å²) in [6.07, 6.45) is 5.45. The molecule has 0 atom stereocenters. The van der Waals surface area contributed by atoms with Gasteiger partial charge in [-0.1, -0.05) is 18.2 Å². The molecule has 1 aliphatic heterocycles. The number of amides is 1. The van der Waals surface area contributed by atoms with Crippen molar-refractivity contribution in [3.05, 3.63) is 23.3 Å². The number of fused-ring (bicyclic) bond motifs is 1. The lowest BCUT2D eigenvalue weighted by Gasteiger charge is -2.08. The maximum Gasteiger partial charge on any atom is 0.230 e. The second kappa shape index (κ2) is 8.51. The zero-order valence-corrected chi connectivity index (χ0v) is 15.8. The summed E-state index contributed by atoms with van der Waals surface area (Å²) in [7, 11) is 0. The zero-order valence-electron chi connectivity index (χ0n) is 15.0. The van der Waals surface area contributed by atoms with E-state index in [1.807, 2.05) is 11.6 Å². The van der Waals surface area contributed by atoms with Crippen molar-refractivity contribution in [1.82, 2.24) is 29.9 Å². The molecule has 1 aliphatic rings. The van der Waals surface area contributed by atoms with Crippen molar-refractivity contribution in [2.45, 2.75) is 64.2 Å². The van der Waals surface area contributed by atoms with Crippen molar-refractivity contribution in [2.75, 3.05) is 12.3 Å². The summed E-state index contributed by atoms with van der Waals surface area (Å²) in [5.74, 6) is 1.49. The Hall–Kier alpha value is -1.83. The number of aryl methyl sites for hydroxylation is 4. The first kappa shape index (κ1) is 18.0. The van der Waals surface area contributed by atoms with Crippen LogP contribution in [0, 0.1) is 13.8 Å². The molecule has 7 nitrogen and oxygen atoms in total. The van der Waals surface area contributed by atoms with Crippen LogP contribution in [0.5, 0.6) is 0 Å². The molecule has 2 aromatic heterocycles. The fraction of sp³-hybridized carbons (Fsp3) is 0.647. The molecule has 2 aromatic rings. The van der Waals surface area contributed by atoms with Crippen molar-refractivity contribution in [3.63, 3.8) is 0 Å². The lowest BCUT2D eigenvalue weighted by molar-refractivity contribution is -0.118. The minimum atomic E-state index is 0.0457. The number of carbonyl (C=O) groups is 1. The van der Waals surface area contributed by atoms with Crippen LogP contribution in [0.25, 0.3) is 0 Å². The molecule has 0 fully saturated rings. The zero-order chi connectivity index (χ0) is 17.6. The molecule has 0 bridgehead atoms. The number of hydrogen-bond donors (Lipinski definition) is 1. The molecule has 136 valence electrons.